The SMILES string of the molecule is N[C@H]1CCCN(C(=O)CCNc2ncc(C(F)(F)F)cc2Cl)C1. The van der Waals surface area contributed by atoms with Gasteiger partial charge in [0.1, 0.15) is 5.82 Å². The predicted octanol–water partition coefficient (Wildman–Crippen LogP) is 2.51. The van der Waals surface area contributed by atoms with Gasteiger partial charge in [-0.15, -0.1) is 0 Å². The van der Waals surface area contributed by atoms with E-state index in [9.17, 15) is 18.0 Å². The van der Waals surface area contributed by atoms with Gasteiger partial charge >= 0.3 is 6.18 Å². The highest BCUT2D eigenvalue weighted by molar-refractivity contribution is 6.32. The predicted molar refractivity (Wildman–Crippen MR) is 81.1 cm³/mol. The first-order chi connectivity index (χ1) is 10.8. The molecule has 2 rings (SSSR count). The second-order valence-corrected chi connectivity index (χ2v) is 5.88. The summed E-state index contributed by atoms with van der Waals surface area (Å²) in [6, 6.07) is 0.814. The van der Waals surface area contributed by atoms with Crippen molar-refractivity contribution in [2.24, 2.45) is 5.73 Å². The van der Waals surface area contributed by atoms with Gasteiger partial charge in [-0.3, -0.25) is 4.79 Å². The molecule has 1 amide bonds. The van der Waals surface area contributed by atoms with Crippen molar-refractivity contribution >= 4 is 23.3 Å². The van der Waals surface area contributed by atoms with Crippen LogP contribution >= 0.6 is 11.6 Å². The number of nitrogens with two attached hydrogens (primary N) is 1. The minimum atomic E-state index is -4.49. The van der Waals surface area contributed by atoms with Crippen LogP contribution in [0.15, 0.2) is 12.3 Å². The van der Waals surface area contributed by atoms with E-state index in [0.717, 1.165) is 18.9 Å². The molecule has 0 radical (unpaired) electrons. The molecule has 1 aliphatic heterocycles. The fourth-order valence-electron chi connectivity index (χ4n) is 2.41. The van der Waals surface area contributed by atoms with Crippen molar-refractivity contribution in [1.29, 1.82) is 0 Å². The van der Waals surface area contributed by atoms with E-state index in [-0.39, 0.29) is 35.8 Å². The van der Waals surface area contributed by atoms with E-state index in [1.807, 2.05) is 0 Å². The Morgan fingerprint density at radius 3 is 2.87 bits per heavy atom. The number of hydrogen-bond acceptors (Lipinski definition) is 4. The van der Waals surface area contributed by atoms with Gasteiger partial charge in [-0.1, -0.05) is 11.6 Å². The highest BCUT2D eigenvalue weighted by Crippen LogP contribution is 2.32. The molecule has 2 heterocycles. The Labute approximate surface area is 137 Å². The molecular weight excluding hydrogens is 333 g/mol. The largest absolute Gasteiger partial charge is 0.417 e. The number of carbonyl (C=O) groups excluding carboxylic acids is 1. The molecule has 1 atom stereocenters. The fourth-order valence-corrected chi connectivity index (χ4v) is 2.64. The number of hydrogen-bond donors (Lipinski definition) is 2. The fraction of sp³-hybridized carbons (Fsp3) is 0.571. The average Bonchev–Trinajstić information content (AvgIpc) is 2.47. The van der Waals surface area contributed by atoms with Crippen LogP contribution in [-0.4, -0.2) is 41.5 Å². The zero-order chi connectivity index (χ0) is 17.0. The Balaban J connectivity index is 1.85. The number of alkyl halides is 3. The quantitative estimate of drug-likeness (QED) is 0.875. The van der Waals surface area contributed by atoms with Crippen LogP contribution in [0.4, 0.5) is 19.0 Å². The number of pyridine rings is 1. The van der Waals surface area contributed by atoms with Gasteiger partial charge in [0.2, 0.25) is 5.91 Å². The summed E-state index contributed by atoms with van der Waals surface area (Å²) in [5.74, 6) is 0.0819. The molecule has 0 unspecified atom stereocenters. The van der Waals surface area contributed by atoms with E-state index in [4.69, 9.17) is 17.3 Å². The summed E-state index contributed by atoms with van der Waals surface area (Å²) in [7, 11) is 0. The van der Waals surface area contributed by atoms with E-state index in [1.165, 1.54) is 0 Å². The Hall–Kier alpha value is -1.54. The van der Waals surface area contributed by atoms with E-state index in [2.05, 4.69) is 10.3 Å². The molecule has 128 valence electrons. The van der Waals surface area contributed by atoms with Crippen molar-refractivity contribution in [3.63, 3.8) is 0 Å². The minimum Gasteiger partial charge on any atom is -0.368 e. The number of piperidine rings is 1. The highest BCUT2D eigenvalue weighted by atomic mass is 35.5. The van der Waals surface area contributed by atoms with Crippen molar-refractivity contribution in [3.8, 4) is 0 Å². The second-order valence-electron chi connectivity index (χ2n) is 5.47. The molecule has 0 saturated carbocycles. The number of nitrogens with zero attached hydrogens (tertiary/aromatic N) is 2. The molecular formula is C14H18ClF3N4O. The topological polar surface area (TPSA) is 71.2 Å². The Morgan fingerprint density at radius 1 is 1.52 bits per heavy atom. The first kappa shape index (κ1) is 17.8. The van der Waals surface area contributed by atoms with Crippen LogP contribution in [0.2, 0.25) is 5.02 Å². The van der Waals surface area contributed by atoms with Crippen molar-refractivity contribution in [2.45, 2.75) is 31.5 Å². The van der Waals surface area contributed by atoms with Crippen LogP contribution in [0.5, 0.6) is 0 Å². The third kappa shape index (κ3) is 4.97. The highest BCUT2D eigenvalue weighted by Gasteiger charge is 2.31. The van der Waals surface area contributed by atoms with Crippen molar-refractivity contribution in [1.82, 2.24) is 9.88 Å². The smallest absolute Gasteiger partial charge is 0.368 e. The van der Waals surface area contributed by atoms with Crippen LogP contribution in [0.3, 0.4) is 0 Å². The van der Waals surface area contributed by atoms with Crippen LogP contribution in [0.1, 0.15) is 24.8 Å². The minimum absolute atomic E-state index is 0.00619. The lowest BCUT2D eigenvalue weighted by Gasteiger charge is -2.30. The summed E-state index contributed by atoms with van der Waals surface area (Å²) in [4.78, 5) is 17.4. The van der Waals surface area contributed by atoms with Gasteiger partial charge in [0.25, 0.3) is 0 Å². The van der Waals surface area contributed by atoms with Crippen LogP contribution < -0.4 is 11.1 Å². The van der Waals surface area contributed by atoms with Crippen LogP contribution in [-0.2, 0) is 11.0 Å². The maximum atomic E-state index is 12.5. The molecule has 0 spiro atoms. The number of nitrogens with one attached hydrogen (secondary N) is 1. The maximum Gasteiger partial charge on any atom is 0.417 e. The summed E-state index contributed by atoms with van der Waals surface area (Å²) in [5.41, 5.74) is 4.91. The molecule has 0 bridgehead atoms. The molecule has 9 heteroatoms. The summed E-state index contributed by atoms with van der Waals surface area (Å²) >= 11 is 5.78. The van der Waals surface area contributed by atoms with E-state index in [1.54, 1.807) is 4.90 Å². The maximum absolute atomic E-state index is 12.5. The third-order valence-corrected chi connectivity index (χ3v) is 3.90. The van der Waals surface area contributed by atoms with Crippen LogP contribution in [0.25, 0.3) is 0 Å². The molecule has 1 aromatic rings. The van der Waals surface area contributed by atoms with Gasteiger partial charge in [0, 0.05) is 38.3 Å². The number of rotatable bonds is 4. The summed E-state index contributed by atoms with van der Waals surface area (Å²) in [5, 5.41) is 2.65. The van der Waals surface area contributed by atoms with Crippen molar-refractivity contribution in [2.75, 3.05) is 25.0 Å². The first-order valence-electron chi connectivity index (χ1n) is 7.27. The molecule has 5 nitrogen and oxygen atoms in total. The molecule has 1 aromatic heterocycles. The number of likely N-dealkylation sites (tertiary alicyclic amines) is 1. The molecule has 1 aliphatic rings. The van der Waals surface area contributed by atoms with Crippen LogP contribution in [0, 0.1) is 0 Å². The van der Waals surface area contributed by atoms with Gasteiger partial charge in [-0.25, -0.2) is 4.98 Å². The van der Waals surface area contributed by atoms with E-state index in [0.29, 0.717) is 19.3 Å². The van der Waals surface area contributed by atoms with Gasteiger partial charge in [-0.2, -0.15) is 13.2 Å². The molecule has 1 saturated heterocycles. The third-order valence-electron chi connectivity index (χ3n) is 3.61. The van der Waals surface area contributed by atoms with Gasteiger partial charge in [0.05, 0.1) is 10.6 Å². The second kappa shape index (κ2) is 7.35. The lowest BCUT2D eigenvalue weighted by Crippen LogP contribution is -2.46. The van der Waals surface area contributed by atoms with Gasteiger partial charge < -0.3 is 16.0 Å². The Bertz CT molecular complexity index is 567. The zero-order valence-corrected chi connectivity index (χ0v) is 13.1. The molecule has 3 N–H and O–H groups in total. The molecule has 1 fully saturated rings. The van der Waals surface area contributed by atoms with Gasteiger partial charge in [0.15, 0.2) is 0 Å². The van der Waals surface area contributed by atoms with Crippen molar-refractivity contribution < 1.29 is 18.0 Å². The number of anilines is 1. The molecule has 0 aromatic carbocycles. The standard InChI is InChI=1S/C14H18ClF3N4O/c15-11-6-9(14(16,17)18)7-21-13(11)20-4-3-12(23)22-5-1-2-10(19)8-22/h6-7,10H,1-5,8,19H2,(H,20,21)/t10-/m0/s1. The summed E-state index contributed by atoms with van der Waals surface area (Å²) in [6.45, 7) is 1.46. The first-order valence-corrected chi connectivity index (χ1v) is 7.65. The Kier molecular flexibility index (Phi) is 5.69. The monoisotopic (exact) mass is 350 g/mol. The van der Waals surface area contributed by atoms with Crippen molar-refractivity contribution in [3.05, 3.63) is 22.8 Å². The average molecular weight is 351 g/mol. The number of carbonyl (C=O) groups is 1. The number of aromatic nitrogens is 1. The number of amides is 1. The van der Waals surface area contributed by atoms with E-state index >= 15 is 0 Å². The lowest BCUT2D eigenvalue weighted by atomic mass is 10.1. The normalized spacial score (nSPS) is 18.8. The summed E-state index contributed by atoms with van der Waals surface area (Å²) in [6.07, 6.45) is -1.79. The molecule has 23 heavy (non-hydrogen) atoms. The number of halogens is 4. The summed E-state index contributed by atoms with van der Waals surface area (Å²) < 4.78 is 37.5. The zero-order valence-electron chi connectivity index (χ0n) is 12.4. The van der Waals surface area contributed by atoms with Gasteiger partial charge in [-0.05, 0) is 18.9 Å². The Morgan fingerprint density at radius 2 is 2.26 bits per heavy atom. The lowest BCUT2D eigenvalue weighted by molar-refractivity contribution is -0.137. The molecule has 0 aliphatic carbocycles. The van der Waals surface area contributed by atoms with E-state index < -0.39 is 11.7 Å².